The molecule has 2 saturated heterocycles. The van der Waals surface area contributed by atoms with Crippen LogP contribution in [0.5, 0.6) is 5.75 Å². The van der Waals surface area contributed by atoms with E-state index in [1.54, 1.807) is 14.0 Å². The monoisotopic (exact) mass is 429 g/mol. The van der Waals surface area contributed by atoms with E-state index in [0.717, 1.165) is 69.8 Å². The van der Waals surface area contributed by atoms with Crippen molar-refractivity contribution in [1.82, 2.24) is 15.1 Å². The van der Waals surface area contributed by atoms with E-state index >= 15 is 0 Å². The summed E-state index contributed by atoms with van der Waals surface area (Å²) in [6, 6.07) is 8.28. The molecule has 3 aliphatic rings. The summed E-state index contributed by atoms with van der Waals surface area (Å²) < 4.78 is 11.0. The normalized spacial score (nSPS) is 29.2. The molecular weight excluding hydrogens is 394 g/mol. The third-order valence-electron chi connectivity index (χ3n) is 7.57. The van der Waals surface area contributed by atoms with E-state index in [4.69, 9.17) is 9.47 Å². The molecule has 1 aromatic rings. The van der Waals surface area contributed by atoms with Crippen LogP contribution in [0.2, 0.25) is 0 Å². The largest absolute Gasteiger partial charge is 0.496 e. The number of methoxy groups -OCH3 is 1. The Kier molecular flexibility index (Phi) is 6.82. The van der Waals surface area contributed by atoms with Crippen LogP contribution in [0.15, 0.2) is 24.3 Å². The number of carbonyl (C=O) groups is 2. The van der Waals surface area contributed by atoms with Crippen LogP contribution < -0.4 is 10.1 Å². The number of morpholine rings is 1. The maximum atomic E-state index is 13.7. The van der Waals surface area contributed by atoms with E-state index in [1.165, 1.54) is 0 Å². The van der Waals surface area contributed by atoms with Crippen LogP contribution in [-0.2, 0) is 20.9 Å². The van der Waals surface area contributed by atoms with Crippen molar-refractivity contribution in [1.29, 1.82) is 0 Å². The van der Waals surface area contributed by atoms with Gasteiger partial charge in [-0.1, -0.05) is 18.2 Å². The molecular formula is C24H35N3O4. The van der Waals surface area contributed by atoms with E-state index in [0.29, 0.717) is 25.0 Å². The predicted molar refractivity (Wildman–Crippen MR) is 118 cm³/mol. The van der Waals surface area contributed by atoms with Crippen molar-refractivity contribution in [3.05, 3.63) is 29.8 Å². The van der Waals surface area contributed by atoms with Gasteiger partial charge in [-0.05, 0) is 37.7 Å². The predicted octanol–water partition coefficient (Wildman–Crippen LogP) is 2.05. The molecule has 170 valence electrons. The lowest BCUT2D eigenvalue weighted by atomic mass is 9.61. The highest BCUT2D eigenvalue weighted by Gasteiger charge is 2.53. The summed E-state index contributed by atoms with van der Waals surface area (Å²) in [5.41, 5.74) is 0.460. The topological polar surface area (TPSA) is 71.1 Å². The summed E-state index contributed by atoms with van der Waals surface area (Å²) in [5.74, 6) is 1.21. The van der Waals surface area contributed by atoms with Gasteiger partial charge < -0.3 is 19.7 Å². The minimum Gasteiger partial charge on any atom is -0.496 e. The molecule has 0 bridgehead atoms. The van der Waals surface area contributed by atoms with Crippen LogP contribution >= 0.6 is 0 Å². The van der Waals surface area contributed by atoms with Gasteiger partial charge in [0.15, 0.2) is 0 Å². The van der Waals surface area contributed by atoms with Crippen molar-refractivity contribution in [3.8, 4) is 5.75 Å². The number of likely N-dealkylation sites (tertiary alicyclic amines) is 1. The first-order valence-corrected chi connectivity index (χ1v) is 11.5. The second-order valence-electron chi connectivity index (χ2n) is 9.15. The number of rotatable bonds is 5. The second-order valence-corrected chi connectivity index (χ2v) is 9.15. The highest BCUT2D eigenvalue weighted by molar-refractivity contribution is 5.85. The Balaban J connectivity index is 1.50. The van der Waals surface area contributed by atoms with Gasteiger partial charge in [0.2, 0.25) is 11.8 Å². The third-order valence-corrected chi connectivity index (χ3v) is 7.57. The molecule has 0 radical (unpaired) electrons. The number of piperidine rings is 1. The van der Waals surface area contributed by atoms with E-state index in [1.807, 2.05) is 29.2 Å². The zero-order valence-corrected chi connectivity index (χ0v) is 18.8. The average Bonchev–Trinajstić information content (AvgIpc) is 2.82. The van der Waals surface area contributed by atoms with Crippen molar-refractivity contribution >= 4 is 11.8 Å². The van der Waals surface area contributed by atoms with Gasteiger partial charge >= 0.3 is 0 Å². The molecule has 2 aliphatic heterocycles. The van der Waals surface area contributed by atoms with Crippen molar-refractivity contribution < 1.29 is 19.1 Å². The molecule has 3 fully saturated rings. The van der Waals surface area contributed by atoms with Gasteiger partial charge in [-0.15, -0.1) is 0 Å². The fourth-order valence-corrected chi connectivity index (χ4v) is 5.75. The molecule has 3 atom stereocenters. The lowest BCUT2D eigenvalue weighted by Crippen LogP contribution is -2.61. The number of hydrogen-bond donors (Lipinski definition) is 1. The first-order chi connectivity index (χ1) is 15.0. The van der Waals surface area contributed by atoms with E-state index in [9.17, 15) is 9.59 Å². The van der Waals surface area contributed by atoms with Crippen LogP contribution in [-0.4, -0.2) is 74.2 Å². The molecule has 7 nitrogen and oxygen atoms in total. The lowest BCUT2D eigenvalue weighted by Gasteiger charge is -2.53. The zero-order chi connectivity index (χ0) is 21.8. The molecule has 31 heavy (non-hydrogen) atoms. The molecule has 1 aliphatic carbocycles. The highest BCUT2D eigenvalue weighted by Crippen LogP contribution is 2.48. The lowest BCUT2D eigenvalue weighted by molar-refractivity contribution is -0.150. The quantitative estimate of drug-likeness (QED) is 0.776. The minimum absolute atomic E-state index is 0.0608. The van der Waals surface area contributed by atoms with Crippen LogP contribution in [0, 0.1) is 11.3 Å². The van der Waals surface area contributed by atoms with Gasteiger partial charge in [0.1, 0.15) is 5.75 Å². The molecule has 0 unspecified atom stereocenters. The van der Waals surface area contributed by atoms with Gasteiger partial charge in [-0.3, -0.25) is 14.5 Å². The number of carbonyl (C=O) groups excluding carboxylic acids is 2. The van der Waals surface area contributed by atoms with Crippen LogP contribution in [0.25, 0.3) is 0 Å². The summed E-state index contributed by atoms with van der Waals surface area (Å²) in [7, 11) is 1.65. The van der Waals surface area contributed by atoms with Crippen molar-refractivity contribution in [3.63, 3.8) is 0 Å². The van der Waals surface area contributed by atoms with Crippen molar-refractivity contribution in [2.24, 2.45) is 11.3 Å². The molecule has 1 N–H and O–H groups in total. The number of hydrogen-bond acceptors (Lipinski definition) is 5. The summed E-state index contributed by atoms with van der Waals surface area (Å²) in [4.78, 5) is 30.2. The molecule has 2 amide bonds. The molecule has 1 saturated carbocycles. The molecule has 7 heteroatoms. The van der Waals surface area contributed by atoms with E-state index < -0.39 is 5.41 Å². The summed E-state index contributed by atoms with van der Waals surface area (Å²) in [6.45, 7) is 6.86. The number of fused-ring (bicyclic) bond motifs is 1. The molecule has 1 aromatic carbocycles. The number of amides is 2. The first-order valence-electron chi connectivity index (χ1n) is 11.5. The highest BCUT2D eigenvalue weighted by atomic mass is 16.5. The van der Waals surface area contributed by atoms with Gasteiger partial charge in [0.05, 0.1) is 25.7 Å². The minimum atomic E-state index is -0.505. The maximum Gasteiger partial charge on any atom is 0.228 e. The van der Waals surface area contributed by atoms with E-state index in [2.05, 4.69) is 10.2 Å². The number of nitrogens with one attached hydrogen (secondary N) is 1. The number of ether oxygens (including phenoxy) is 2. The fraction of sp³-hybridized carbons (Fsp3) is 0.667. The standard InChI is InChI=1S/C24H35N3O4/c1-18(28)27-10-8-20-15-21(26-11-13-31-14-12-26)7-9-24(20,17-27)23(29)25-16-19-5-3-4-6-22(19)30-2/h3-6,20-21H,7-17H2,1-2H3,(H,25,29)/t20-,21-,24-/m1/s1. The SMILES string of the molecule is COc1ccccc1CNC(=O)[C@@]12CC[C@@H](N3CCOCC3)C[C@H]1CCN(C(C)=O)C2. The number of para-hydroxylation sites is 1. The summed E-state index contributed by atoms with van der Waals surface area (Å²) >= 11 is 0. The summed E-state index contributed by atoms with van der Waals surface area (Å²) in [6.07, 6.45) is 3.72. The Hall–Kier alpha value is -2.12. The molecule has 2 heterocycles. The van der Waals surface area contributed by atoms with Crippen LogP contribution in [0.1, 0.15) is 38.2 Å². The smallest absolute Gasteiger partial charge is 0.228 e. The van der Waals surface area contributed by atoms with E-state index in [-0.39, 0.29) is 11.8 Å². The third kappa shape index (κ3) is 4.58. The second kappa shape index (κ2) is 9.57. The Bertz CT molecular complexity index is 795. The fourth-order valence-electron chi connectivity index (χ4n) is 5.75. The van der Waals surface area contributed by atoms with Crippen molar-refractivity contribution in [2.45, 2.75) is 45.2 Å². The Morgan fingerprint density at radius 1 is 1.19 bits per heavy atom. The zero-order valence-electron chi connectivity index (χ0n) is 18.8. The van der Waals surface area contributed by atoms with Gasteiger partial charge in [-0.2, -0.15) is 0 Å². The van der Waals surface area contributed by atoms with Crippen LogP contribution in [0.4, 0.5) is 0 Å². The summed E-state index contributed by atoms with van der Waals surface area (Å²) in [5, 5.41) is 3.20. The number of nitrogens with zero attached hydrogens (tertiary/aromatic N) is 2. The number of benzene rings is 1. The van der Waals surface area contributed by atoms with Crippen LogP contribution in [0.3, 0.4) is 0 Å². The molecule has 0 spiro atoms. The Morgan fingerprint density at radius 2 is 1.97 bits per heavy atom. The van der Waals surface area contributed by atoms with Gasteiger partial charge in [0, 0.05) is 51.3 Å². The first kappa shape index (κ1) is 22.1. The molecule has 0 aromatic heterocycles. The van der Waals surface area contributed by atoms with Crippen molar-refractivity contribution in [2.75, 3.05) is 46.5 Å². The van der Waals surface area contributed by atoms with Gasteiger partial charge in [0.25, 0.3) is 0 Å². The molecule has 4 rings (SSSR count). The maximum absolute atomic E-state index is 13.7. The Morgan fingerprint density at radius 3 is 2.71 bits per heavy atom. The average molecular weight is 430 g/mol. The Labute approximate surface area is 185 Å². The van der Waals surface area contributed by atoms with Gasteiger partial charge in [-0.25, -0.2) is 0 Å².